The lowest BCUT2D eigenvalue weighted by Gasteiger charge is -2.15. The summed E-state index contributed by atoms with van der Waals surface area (Å²) >= 11 is 0. The maximum atomic E-state index is 12.6. The highest BCUT2D eigenvalue weighted by molar-refractivity contribution is 6.04. The smallest absolute Gasteiger partial charge is 0.445 e. The highest BCUT2D eigenvalue weighted by atomic mass is 16.9. The van der Waals surface area contributed by atoms with Gasteiger partial charge in [-0.1, -0.05) is 78.9 Å². The Kier molecular flexibility index (Phi) is 10.1. The van der Waals surface area contributed by atoms with Crippen LogP contribution in [-0.4, -0.2) is 49.4 Å². The molecule has 15 nitrogen and oxygen atoms in total. The van der Waals surface area contributed by atoms with E-state index in [1.165, 1.54) is 6.07 Å². The molecule has 246 valence electrons. The summed E-state index contributed by atoms with van der Waals surface area (Å²) in [5.74, 6) is 4.74. The van der Waals surface area contributed by atoms with Gasteiger partial charge in [0.2, 0.25) is 0 Å². The molecule has 0 radical (unpaired) electrons. The fourth-order valence-electron chi connectivity index (χ4n) is 5.03. The van der Waals surface area contributed by atoms with Gasteiger partial charge in [0, 0.05) is 5.56 Å². The summed E-state index contributed by atoms with van der Waals surface area (Å²) in [6.07, 6.45) is -1.01. The summed E-state index contributed by atoms with van der Waals surface area (Å²) in [7, 11) is 0. The number of carbonyl (C=O) groups excluding carboxylic acids is 1. The quantitative estimate of drug-likeness (QED) is 0.0396. The Morgan fingerprint density at radius 1 is 0.958 bits per heavy atom. The van der Waals surface area contributed by atoms with Crippen molar-refractivity contribution in [3.63, 3.8) is 0 Å². The number of hydrazine groups is 1. The van der Waals surface area contributed by atoms with Crippen LogP contribution in [0.15, 0.2) is 96.1 Å². The molecule has 0 fully saturated rings. The van der Waals surface area contributed by atoms with Crippen LogP contribution in [0.25, 0.3) is 22.2 Å². The Morgan fingerprint density at radius 2 is 1.62 bits per heavy atom. The van der Waals surface area contributed by atoms with E-state index in [2.05, 4.69) is 14.9 Å². The highest BCUT2D eigenvalue weighted by Gasteiger charge is 2.19. The van der Waals surface area contributed by atoms with Crippen LogP contribution in [0, 0.1) is 10.1 Å². The van der Waals surface area contributed by atoms with E-state index in [4.69, 9.17) is 21.1 Å². The lowest BCUT2D eigenvalue weighted by atomic mass is 9.98. The number of nitrogens with two attached hydrogens (primary N) is 2. The van der Waals surface area contributed by atoms with Crippen molar-refractivity contribution in [2.24, 2.45) is 16.7 Å². The molecule has 1 heterocycles. The van der Waals surface area contributed by atoms with Crippen LogP contribution in [0.2, 0.25) is 0 Å². The molecule has 1 aromatic heterocycles. The van der Waals surface area contributed by atoms with Crippen molar-refractivity contribution in [3.05, 3.63) is 129 Å². The van der Waals surface area contributed by atoms with Gasteiger partial charge in [0.05, 0.1) is 29.7 Å². The lowest BCUT2D eigenvalue weighted by Crippen LogP contribution is -2.35. The van der Waals surface area contributed by atoms with Crippen LogP contribution in [0.5, 0.6) is 6.01 Å². The third kappa shape index (κ3) is 7.48. The number of amidine groups is 1. The van der Waals surface area contributed by atoms with Crippen LogP contribution in [0.4, 0.5) is 4.79 Å². The summed E-state index contributed by atoms with van der Waals surface area (Å²) in [5, 5.41) is 23.9. The number of carbonyl (C=O) groups is 2. The van der Waals surface area contributed by atoms with Gasteiger partial charge in [0.1, 0.15) is 13.2 Å². The topological polar surface area (TPSA) is 211 Å². The van der Waals surface area contributed by atoms with Crippen molar-refractivity contribution < 1.29 is 34.1 Å². The van der Waals surface area contributed by atoms with Crippen LogP contribution in [0.1, 0.15) is 39.5 Å². The molecule has 5 N–H and O–H groups in total. The fraction of sp³-hybridized carbons (Fsp3) is 0.152. The van der Waals surface area contributed by atoms with Crippen LogP contribution in [-0.2, 0) is 29.3 Å². The molecule has 48 heavy (non-hydrogen) atoms. The zero-order chi connectivity index (χ0) is 34.2. The molecule has 0 spiro atoms. The summed E-state index contributed by atoms with van der Waals surface area (Å²) in [6, 6.07) is 26.5. The Morgan fingerprint density at radius 3 is 2.31 bits per heavy atom. The Labute approximate surface area is 273 Å². The summed E-state index contributed by atoms with van der Waals surface area (Å²) in [5.41, 5.74) is 11.2. The van der Waals surface area contributed by atoms with Crippen molar-refractivity contribution in [2.75, 3.05) is 6.61 Å². The number of benzene rings is 4. The van der Waals surface area contributed by atoms with Gasteiger partial charge in [-0.25, -0.2) is 15.4 Å². The largest absolute Gasteiger partial charge is 0.478 e. The van der Waals surface area contributed by atoms with E-state index >= 15 is 0 Å². The predicted molar refractivity (Wildman–Crippen MR) is 174 cm³/mol. The second kappa shape index (κ2) is 14.7. The van der Waals surface area contributed by atoms with Crippen molar-refractivity contribution in [2.45, 2.75) is 26.7 Å². The van der Waals surface area contributed by atoms with Crippen LogP contribution in [0.3, 0.4) is 0 Å². The second-order valence-corrected chi connectivity index (χ2v) is 10.3. The van der Waals surface area contributed by atoms with Crippen LogP contribution >= 0.6 is 0 Å². The number of ether oxygens (including phenoxy) is 2. The van der Waals surface area contributed by atoms with Crippen LogP contribution < -0.4 is 16.3 Å². The van der Waals surface area contributed by atoms with E-state index in [9.17, 15) is 24.8 Å². The first kappa shape index (κ1) is 32.9. The molecule has 15 heteroatoms. The minimum Gasteiger partial charge on any atom is -0.478 e. The van der Waals surface area contributed by atoms with Gasteiger partial charge in [-0.05, 0) is 46.9 Å². The Balaban J connectivity index is 1.33. The molecular formula is C33H31N7O8. The second-order valence-electron chi connectivity index (χ2n) is 10.3. The van der Waals surface area contributed by atoms with Crippen molar-refractivity contribution >= 4 is 28.9 Å². The molecule has 1 amide bonds. The molecule has 5 rings (SSSR count). The average molecular weight is 654 g/mol. The molecule has 0 saturated heterocycles. The minimum absolute atomic E-state index is 0.0543. The van der Waals surface area contributed by atoms with Gasteiger partial charge in [0.25, 0.3) is 11.1 Å². The van der Waals surface area contributed by atoms with Crippen molar-refractivity contribution in [1.82, 2.24) is 14.7 Å². The zero-order valence-electron chi connectivity index (χ0n) is 25.7. The van der Waals surface area contributed by atoms with Gasteiger partial charge in [0.15, 0.2) is 5.84 Å². The molecule has 0 saturated carbocycles. The minimum atomic E-state index is -1.06. The van der Waals surface area contributed by atoms with E-state index in [1.54, 1.807) is 53.1 Å². The number of para-hydroxylation sites is 1. The monoisotopic (exact) mass is 653 g/mol. The third-order valence-electron chi connectivity index (χ3n) is 7.24. The first-order valence-electron chi connectivity index (χ1n) is 14.6. The van der Waals surface area contributed by atoms with Crippen molar-refractivity contribution in [3.8, 4) is 17.1 Å². The first-order chi connectivity index (χ1) is 23.2. The molecule has 0 aliphatic heterocycles. The highest BCUT2D eigenvalue weighted by Crippen LogP contribution is 2.28. The number of hydrogen-bond acceptors (Lipinski definition) is 10. The normalized spacial score (nSPS) is 11.2. The fourth-order valence-corrected chi connectivity index (χ4v) is 5.03. The number of nitrogens with zero attached hydrogens (tertiary/aromatic N) is 5. The van der Waals surface area contributed by atoms with E-state index in [1.807, 2.05) is 43.3 Å². The number of rotatable bonds is 13. The van der Waals surface area contributed by atoms with E-state index < -0.39 is 17.1 Å². The maximum Gasteiger partial charge on any atom is 0.445 e. The summed E-state index contributed by atoms with van der Waals surface area (Å²) in [4.78, 5) is 44.1. The average Bonchev–Trinajstić information content (AvgIpc) is 3.43. The predicted octanol–water partition coefficient (Wildman–Crippen LogP) is 4.69. The lowest BCUT2D eigenvalue weighted by molar-refractivity contribution is -0.763. The van der Waals surface area contributed by atoms with E-state index in [-0.39, 0.29) is 24.6 Å². The SMILES string of the molecule is CCOc1nc2cccc(C(=O)O)c2n1Cc1ccc(-c2ccccc2/C(N)=N/N(N)C(=O)OCc2ccccc2CO[N+](=O)[O-])cc1. The Bertz CT molecular complexity index is 1990. The zero-order valence-corrected chi connectivity index (χ0v) is 25.7. The number of amides is 1. The molecule has 0 aliphatic rings. The standard InChI is InChI=1S/C33H31N7O8/c1-2-46-32-36-28-13-7-12-27(31(41)42)29(28)38(32)18-21-14-16-22(17-15-21)25-10-5-6-11-26(25)30(34)37-39(35)33(43)47-19-23-8-3-4-9-24(23)20-48-40(44)45/h3-17H,2,18-20,35H2,1H3,(H2,34,37)(H,41,42). The number of imidazole rings is 1. The summed E-state index contributed by atoms with van der Waals surface area (Å²) in [6.45, 7) is 1.95. The number of carboxylic acid groups (broad SMARTS) is 1. The molecule has 5 aromatic rings. The molecule has 0 unspecified atom stereocenters. The summed E-state index contributed by atoms with van der Waals surface area (Å²) < 4.78 is 12.7. The Hall–Kier alpha value is -6.48. The molecule has 0 bridgehead atoms. The number of aromatic carboxylic acids is 1. The maximum absolute atomic E-state index is 12.6. The number of aromatic nitrogens is 2. The third-order valence-corrected chi connectivity index (χ3v) is 7.24. The van der Waals surface area contributed by atoms with Gasteiger partial charge in [-0.3, -0.25) is 4.57 Å². The number of fused-ring (bicyclic) bond motifs is 1. The van der Waals surface area contributed by atoms with Crippen molar-refractivity contribution in [1.29, 1.82) is 0 Å². The van der Waals surface area contributed by atoms with E-state index in [0.29, 0.717) is 57.6 Å². The number of hydrazone groups is 1. The molecular weight excluding hydrogens is 622 g/mol. The molecule has 4 aromatic carbocycles. The van der Waals surface area contributed by atoms with Gasteiger partial charge in [-0.2, -0.15) is 4.98 Å². The first-order valence-corrected chi connectivity index (χ1v) is 14.6. The number of carboxylic acids is 1. The van der Waals surface area contributed by atoms with Gasteiger partial charge >= 0.3 is 12.1 Å². The van der Waals surface area contributed by atoms with Gasteiger partial charge in [-0.15, -0.1) is 20.3 Å². The number of hydrogen-bond donors (Lipinski definition) is 3. The van der Waals surface area contributed by atoms with E-state index in [0.717, 1.165) is 11.1 Å². The molecule has 0 aliphatic carbocycles. The van der Waals surface area contributed by atoms with Gasteiger partial charge < -0.3 is 25.2 Å². The molecule has 0 atom stereocenters.